The first-order valence-electron chi connectivity index (χ1n) is 8.43. The number of nitrogens with one attached hydrogen (secondary N) is 2. The maximum atomic E-state index is 4.78. The van der Waals surface area contributed by atoms with E-state index in [4.69, 9.17) is 4.99 Å². The number of nitrogens with zero attached hydrogens (tertiary/aromatic N) is 2. The molecule has 0 amide bonds. The zero-order valence-electron chi connectivity index (χ0n) is 14.2. The maximum absolute atomic E-state index is 4.78. The van der Waals surface area contributed by atoms with Crippen LogP contribution in [0.15, 0.2) is 35.3 Å². The van der Waals surface area contributed by atoms with Gasteiger partial charge in [-0.15, -0.1) is 0 Å². The van der Waals surface area contributed by atoms with Crippen LogP contribution in [0, 0.1) is 5.41 Å². The van der Waals surface area contributed by atoms with Gasteiger partial charge < -0.3 is 15.5 Å². The van der Waals surface area contributed by atoms with Gasteiger partial charge in [0.15, 0.2) is 5.96 Å². The molecule has 1 aliphatic rings. The van der Waals surface area contributed by atoms with Crippen molar-refractivity contribution < 1.29 is 0 Å². The highest BCUT2D eigenvalue weighted by molar-refractivity contribution is 5.80. The van der Waals surface area contributed by atoms with Gasteiger partial charge in [-0.05, 0) is 37.3 Å². The number of rotatable bonds is 6. The van der Waals surface area contributed by atoms with E-state index in [9.17, 15) is 0 Å². The lowest BCUT2D eigenvalue weighted by Gasteiger charge is -2.23. The van der Waals surface area contributed by atoms with Gasteiger partial charge in [-0.25, -0.2) is 0 Å². The molecule has 2 rings (SSSR count). The average molecular weight is 302 g/mol. The van der Waals surface area contributed by atoms with E-state index < -0.39 is 0 Å². The number of hydrogen-bond acceptors (Lipinski definition) is 2. The minimum Gasteiger partial charge on any atom is -0.385 e. The van der Waals surface area contributed by atoms with Crippen LogP contribution in [-0.2, 0) is 0 Å². The minimum atomic E-state index is 0.408. The van der Waals surface area contributed by atoms with E-state index in [0.717, 1.165) is 45.1 Å². The van der Waals surface area contributed by atoms with Crippen molar-refractivity contribution in [3.63, 3.8) is 0 Å². The molecule has 4 heteroatoms. The Balaban J connectivity index is 1.76. The number of benzene rings is 1. The Bertz CT molecular complexity index is 467. The van der Waals surface area contributed by atoms with Crippen LogP contribution in [0.25, 0.3) is 0 Å². The molecule has 1 aliphatic heterocycles. The highest BCUT2D eigenvalue weighted by atomic mass is 15.3. The average Bonchev–Trinajstić information content (AvgIpc) is 2.87. The standard InChI is InChI=1S/C18H30N4/c1-4-19-17(22-14-11-18(2,3)15-22)21-13-8-12-20-16-9-6-5-7-10-16/h5-7,9-10,20H,4,8,11-15H2,1-3H3,(H,19,21). The third kappa shape index (κ3) is 5.24. The second kappa shape index (κ2) is 8.06. The van der Waals surface area contributed by atoms with Crippen LogP contribution in [-0.4, -0.2) is 43.6 Å². The van der Waals surface area contributed by atoms with Crippen LogP contribution in [0.2, 0.25) is 0 Å². The van der Waals surface area contributed by atoms with Crippen LogP contribution in [0.4, 0.5) is 5.69 Å². The Morgan fingerprint density at radius 3 is 2.68 bits per heavy atom. The van der Waals surface area contributed by atoms with Crippen molar-refractivity contribution in [2.45, 2.75) is 33.6 Å². The van der Waals surface area contributed by atoms with Crippen molar-refractivity contribution in [1.82, 2.24) is 10.2 Å². The van der Waals surface area contributed by atoms with Gasteiger partial charge in [0.05, 0.1) is 0 Å². The summed E-state index contributed by atoms with van der Waals surface area (Å²) in [7, 11) is 0. The van der Waals surface area contributed by atoms with Crippen LogP contribution in [0.3, 0.4) is 0 Å². The molecule has 0 aromatic heterocycles. The first kappa shape index (κ1) is 16.7. The summed E-state index contributed by atoms with van der Waals surface area (Å²) >= 11 is 0. The smallest absolute Gasteiger partial charge is 0.193 e. The molecule has 0 aliphatic carbocycles. The summed E-state index contributed by atoms with van der Waals surface area (Å²) in [5, 5.41) is 6.86. The Labute approximate surface area is 135 Å². The van der Waals surface area contributed by atoms with Crippen molar-refractivity contribution >= 4 is 11.6 Å². The van der Waals surface area contributed by atoms with E-state index >= 15 is 0 Å². The largest absolute Gasteiger partial charge is 0.385 e. The highest BCUT2D eigenvalue weighted by Crippen LogP contribution is 2.28. The lowest BCUT2D eigenvalue weighted by molar-refractivity contribution is 0.370. The van der Waals surface area contributed by atoms with E-state index in [2.05, 4.69) is 60.6 Å². The molecule has 22 heavy (non-hydrogen) atoms. The third-order valence-corrected chi connectivity index (χ3v) is 4.01. The van der Waals surface area contributed by atoms with E-state index in [0.29, 0.717) is 5.41 Å². The number of aliphatic imine (C=N–C) groups is 1. The fourth-order valence-corrected chi connectivity index (χ4v) is 2.77. The molecule has 2 N–H and O–H groups in total. The van der Waals surface area contributed by atoms with Crippen molar-refractivity contribution in [1.29, 1.82) is 0 Å². The van der Waals surface area contributed by atoms with E-state index in [1.54, 1.807) is 0 Å². The molecule has 0 bridgehead atoms. The molecule has 1 aromatic carbocycles. The number of guanidine groups is 1. The summed E-state index contributed by atoms with van der Waals surface area (Å²) in [4.78, 5) is 7.18. The first-order chi connectivity index (χ1) is 10.6. The van der Waals surface area contributed by atoms with Crippen LogP contribution in [0.5, 0.6) is 0 Å². The van der Waals surface area contributed by atoms with Gasteiger partial charge in [0.2, 0.25) is 0 Å². The fraction of sp³-hybridized carbons (Fsp3) is 0.611. The third-order valence-electron chi connectivity index (χ3n) is 4.01. The number of anilines is 1. The van der Waals surface area contributed by atoms with Gasteiger partial charge in [0.25, 0.3) is 0 Å². The van der Waals surface area contributed by atoms with Crippen LogP contribution >= 0.6 is 0 Å². The molecule has 0 unspecified atom stereocenters. The normalized spacial score (nSPS) is 17.6. The van der Waals surface area contributed by atoms with Crippen molar-refractivity contribution in [3.8, 4) is 0 Å². The van der Waals surface area contributed by atoms with Gasteiger partial charge >= 0.3 is 0 Å². The van der Waals surface area contributed by atoms with Crippen molar-refractivity contribution in [2.24, 2.45) is 10.4 Å². The van der Waals surface area contributed by atoms with Gasteiger partial charge in [-0.1, -0.05) is 32.0 Å². The molecule has 1 fully saturated rings. The Morgan fingerprint density at radius 2 is 2.05 bits per heavy atom. The van der Waals surface area contributed by atoms with Gasteiger partial charge in [0, 0.05) is 38.4 Å². The number of hydrogen-bond donors (Lipinski definition) is 2. The van der Waals surface area contributed by atoms with Crippen molar-refractivity contribution in [3.05, 3.63) is 30.3 Å². The molecule has 0 atom stereocenters. The second-order valence-corrected chi connectivity index (χ2v) is 6.72. The zero-order valence-corrected chi connectivity index (χ0v) is 14.2. The van der Waals surface area contributed by atoms with Crippen LogP contribution < -0.4 is 10.6 Å². The van der Waals surface area contributed by atoms with E-state index in [1.165, 1.54) is 12.1 Å². The summed E-state index contributed by atoms with van der Waals surface area (Å²) in [6.45, 7) is 11.8. The quantitative estimate of drug-likeness (QED) is 0.482. The highest BCUT2D eigenvalue weighted by Gasteiger charge is 2.30. The molecule has 1 saturated heterocycles. The van der Waals surface area contributed by atoms with E-state index in [1.807, 2.05) is 6.07 Å². The molecular weight excluding hydrogens is 272 g/mol. The Kier molecular flexibility index (Phi) is 6.10. The lowest BCUT2D eigenvalue weighted by atomic mass is 9.93. The van der Waals surface area contributed by atoms with Gasteiger partial charge in [0.1, 0.15) is 0 Å². The molecule has 4 nitrogen and oxygen atoms in total. The molecule has 0 saturated carbocycles. The molecular formula is C18H30N4. The summed E-state index contributed by atoms with van der Waals surface area (Å²) in [5.41, 5.74) is 1.59. The van der Waals surface area contributed by atoms with Gasteiger partial charge in [-0.3, -0.25) is 4.99 Å². The topological polar surface area (TPSA) is 39.7 Å². The van der Waals surface area contributed by atoms with Crippen molar-refractivity contribution in [2.75, 3.05) is 38.0 Å². The Hall–Kier alpha value is -1.71. The van der Waals surface area contributed by atoms with Gasteiger partial charge in [-0.2, -0.15) is 0 Å². The zero-order chi connectivity index (χ0) is 15.8. The van der Waals surface area contributed by atoms with E-state index in [-0.39, 0.29) is 0 Å². The molecule has 0 spiro atoms. The monoisotopic (exact) mass is 302 g/mol. The summed E-state index contributed by atoms with van der Waals surface area (Å²) in [6, 6.07) is 10.3. The summed E-state index contributed by atoms with van der Waals surface area (Å²) in [5.74, 6) is 1.08. The first-order valence-corrected chi connectivity index (χ1v) is 8.43. The predicted octanol–water partition coefficient (Wildman–Crippen LogP) is 3.19. The summed E-state index contributed by atoms with van der Waals surface area (Å²) in [6.07, 6.45) is 2.29. The number of likely N-dealkylation sites (tertiary alicyclic amines) is 1. The fourth-order valence-electron chi connectivity index (χ4n) is 2.77. The minimum absolute atomic E-state index is 0.408. The number of para-hydroxylation sites is 1. The molecule has 0 radical (unpaired) electrons. The molecule has 1 heterocycles. The SMILES string of the molecule is CCNC(=NCCCNc1ccccc1)N1CCC(C)(C)C1. The lowest BCUT2D eigenvalue weighted by Crippen LogP contribution is -2.40. The predicted molar refractivity (Wildman–Crippen MR) is 95.5 cm³/mol. The molecule has 1 aromatic rings. The molecule has 122 valence electrons. The summed E-state index contributed by atoms with van der Waals surface area (Å²) < 4.78 is 0. The Morgan fingerprint density at radius 1 is 1.27 bits per heavy atom. The van der Waals surface area contributed by atoms with Crippen LogP contribution in [0.1, 0.15) is 33.6 Å². The maximum Gasteiger partial charge on any atom is 0.193 e. The second-order valence-electron chi connectivity index (χ2n) is 6.72.